The van der Waals surface area contributed by atoms with E-state index < -0.39 is 11.4 Å². The molecule has 13 heteroatoms. The number of nitrogens with one attached hydrogen (secondary N) is 1. The zero-order valence-electron chi connectivity index (χ0n) is 21.8. The highest BCUT2D eigenvalue weighted by Gasteiger charge is 2.37. The number of carbonyl (C=O) groups is 2. The summed E-state index contributed by atoms with van der Waals surface area (Å²) in [6.07, 6.45) is 2.35. The lowest BCUT2D eigenvalue weighted by molar-refractivity contribution is -0.127. The Balaban J connectivity index is 1.62. The highest BCUT2D eigenvalue weighted by Crippen LogP contribution is 2.38. The summed E-state index contributed by atoms with van der Waals surface area (Å²) in [5.41, 5.74) is 7.28. The molecule has 1 aliphatic heterocycles. The van der Waals surface area contributed by atoms with Gasteiger partial charge in [-0.25, -0.2) is 24.7 Å². The standard InChI is InChI=1S/C28H24Cl2N8O3/c1-28(27(31)41)10-12-37(13-11-28)24-20-25(36-22(35-24)21-32-14-19(33-21)26(39)40)38(16-8-6-15(29)7-9-16)23(34-20)17-4-2-3-5-18(17)30/h2-9,14H,10-13H2,1H3,(H2,31,41)(H,32,33)(H,39,40). The lowest BCUT2D eigenvalue weighted by atomic mass is 9.80. The van der Waals surface area contributed by atoms with Crippen molar-refractivity contribution in [3.8, 4) is 28.7 Å². The third-order valence-corrected chi connectivity index (χ3v) is 8.04. The number of amides is 1. The Hall–Kier alpha value is -4.48. The highest BCUT2D eigenvalue weighted by atomic mass is 35.5. The van der Waals surface area contributed by atoms with E-state index in [1.807, 2.05) is 46.7 Å². The quantitative estimate of drug-likeness (QED) is 0.250. The molecule has 2 aromatic carbocycles. The van der Waals surface area contributed by atoms with Crippen molar-refractivity contribution in [3.05, 3.63) is 70.5 Å². The Morgan fingerprint density at radius 2 is 1.71 bits per heavy atom. The molecule has 4 N–H and O–H groups in total. The average Bonchev–Trinajstić information content (AvgIpc) is 3.60. The third-order valence-electron chi connectivity index (χ3n) is 7.46. The minimum Gasteiger partial charge on any atom is -0.476 e. The van der Waals surface area contributed by atoms with E-state index >= 15 is 0 Å². The zero-order valence-corrected chi connectivity index (χ0v) is 23.3. The predicted molar refractivity (Wildman–Crippen MR) is 155 cm³/mol. The molecule has 1 fully saturated rings. The second-order valence-electron chi connectivity index (χ2n) is 10.1. The number of hydrogen-bond acceptors (Lipinski definition) is 7. The van der Waals surface area contributed by atoms with Crippen LogP contribution in [0.4, 0.5) is 5.82 Å². The van der Waals surface area contributed by atoms with E-state index in [0.717, 1.165) is 5.69 Å². The summed E-state index contributed by atoms with van der Waals surface area (Å²) < 4.78 is 1.86. The molecule has 4 heterocycles. The van der Waals surface area contributed by atoms with E-state index in [-0.39, 0.29) is 23.2 Å². The van der Waals surface area contributed by atoms with Gasteiger partial charge in [-0.2, -0.15) is 0 Å². The maximum Gasteiger partial charge on any atom is 0.356 e. The number of halogens is 2. The van der Waals surface area contributed by atoms with E-state index in [1.54, 1.807) is 18.2 Å². The Labute approximate surface area is 244 Å². The number of nitrogens with zero attached hydrogens (tertiary/aromatic N) is 6. The van der Waals surface area contributed by atoms with Gasteiger partial charge in [0.25, 0.3) is 0 Å². The Bertz CT molecular complexity index is 1810. The van der Waals surface area contributed by atoms with Crippen LogP contribution < -0.4 is 10.6 Å². The molecule has 6 rings (SSSR count). The molecule has 1 aliphatic rings. The van der Waals surface area contributed by atoms with Gasteiger partial charge < -0.3 is 20.7 Å². The second kappa shape index (κ2) is 10.2. The molecular formula is C28H24Cl2N8O3. The molecular weight excluding hydrogens is 567 g/mol. The van der Waals surface area contributed by atoms with Crippen LogP contribution in [0.2, 0.25) is 10.0 Å². The van der Waals surface area contributed by atoms with Crippen LogP contribution >= 0.6 is 23.2 Å². The van der Waals surface area contributed by atoms with Gasteiger partial charge in [0.05, 0.1) is 5.02 Å². The maximum absolute atomic E-state index is 12.1. The molecule has 11 nitrogen and oxygen atoms in total. The van der Waals surface area contributed by atoms with Gasteiger partial charge in [0.2, 0.25) is 5.91 Å². The van der Waals surface area contributed by atoms with Crippen LogP contribution in [0, 0.1) is 5.41 Å². The summed E-state index contributed by atoms with van der Waals surface area (Å²) >= 11 is 12.9. The van der Waals surface area contributed by atoms with Crippen LogP contribution in [0.15, 0.2) is 54.7 Å². The highest BCUT2D eigenvalue weighted by molar-refractivity contribution is 6.33. The molecule has 0 atom stereocenters. The van der Waals surface area contributed by atoms with Crippen molar-refractivity contribution in [2.75, 3.05) is 18.0 Å². The lowest BCUT2D eigenvalue weighted by Gasteiger charge is -2.37. The summed E-state index contributed by atoms with van der Waals surface area (Å²) in [4.78, 5) is 47.4. The fourth-order valence-corrected chi connectivity index (χ4v) is 5.28. The van der Waals surface area contributed by atoms with Gasteiger partial charge in [-0.1, -0.05) is 42.3 Å². The van der Waals surface area contributed by atoms with Crippen molar-refractivity contribution in [2.45, 2.75) is 19.8 Å². The first-order valence-electron chi connectivity index (χ1n) is 12.8. The first kappa shape index (κ1) is 26.7. The fourth-order valence-electron chi connectivity index (χ4n) is 4.93. The largest absolute Gasteiger partial charge is 0.476 e. The number of benzene rings is 2. The summed E-state index contributed by atoms with van der Waals surface area (Å²) in [5, 5.41) is 10.5. The minimum absolute atomic E-state index is 0.164. The number of primary amides is 1. The van der Waals surface area contributed by atoms with Crippen molar-refractivity contribution in [1.82, 2.24) is 29.5 Å². The number of fused-ring (bicyclic) bond motifs is 1. The summed E-state index contributed by atoms with van der Waals surface area (Å²) in [7, 11) is 0. The number of carboxylic acids is 1. The van der Waals surface area contributed by atoms with E-state index in [4.69, 9.17) is 43.9 Å². The molecule has 41 heavy (non-hydrogen) atoms. The van der Waals surface area contributed by atoms with Gasteiger partial charge in [-0.3, -0.25) is 9.36 Å². The molecule has 0 spiro atoms. The minimum atomic E-state index is -1.18. The molecule has 0 bridgehead atoms. The number of aromatic amines is 1. The third kappa shape index (κ3) is 4.76. The van der Waals surface area contributed by atoms with Gasteiger partial charge in [0.1, 0.15) is 5.82 Å². The number of carbonyl (C=O) groups excluding carboxylic acids is 1. The lowest BCUT2D eigenvalue weighted by Crippen LogP contribution is -2.45. The van der Waals surface area contributed by atoms with E-state index in [9.17, 15) is 14.7 Å². The van der Waals surface area contributed by atoms with Crippen LogP contribution in [0.3, 0.4) is 0 Å². The van der Waals surface area contributed by atoms with Crippen molar-refractivity contribution in [2.24, 2.45) is 11.1 Å². The number of nitrogens with two attached hydrogens (primary N) is 1. The molecule has 5 aromatic rings. The smallest absolute Gasteiger partial charge is 0.356 e. The zero-order chi connectivity index (χ0) is 28.9. The predicted octanol–water partition coefficient (Wildman–Crippen LogP) is 4.97. The van der Waals surface area contributed by atoms with Crippen LogP contribution in [0.1, 0.15) is 30.3 Å². The maximum atomic E-state index is 12.1. The first-order chi connectivity index (χ1) is 19.6. The van der Waals surface area contributed by atoms with Crippen molar-refractivity contribution >= 4 is 52.1 Å². The molecule has 0 saturated carbocycles. The summed E-state index contributed by atoms with van der Waals surface area (Å²) in [6, 6.07) is 14.6. The Morgan fingerprint density at radius 3 is 2.34 bits per heavy atom. The van der Waals surface area contributed by atoms with Crippen LogP contribution in [-0.4, -0.2) is 59.6 Å². The Kier molecular flexibility index (Phi) is 6.63. The van der Waals surface area contributed by atoms with E-state index in [0.29, 0.717) is 64.3 Å². The summed E-state index contributed by atoms with van der Waals surface area (Å²) in [6.45, 7) is 2.87. The number of H-pyrrole nitrogens is 1. The number of rotatable bonds is 6. The van der Waals surface area contributed by atoms with E-state index in [2.05, 4.69) is 9.97 Å². The molecule has 0 unspecified atom stereocenters. The van der Waals surface area contributed by atoms with Gasteiger partial charge in [0, 0.05) is 41.0 Å². The van der Waals surface area contributed by atoms with Crippen LogP contribution in [0.25, 0.3) is 39.9 Å². The number of hydrogen-bond donors (Lipinski definition) is 3. The Morgan fingerprint density at radius 1 is 1.00 bits per heavy atom. The SMILES string of the molecule is CC1(C(N)=O)CCN(c2nc(-c3nc(C(=O)O)c[nH]3)nc3c2nc(-c2ccccc2Cl)n3-c2ccc(Cl)cc2)CC1. The molecule has 1 saturated heterocycles. The molecule has 0 radical (unpaired) electrons. The van der Waals surface area contributed by atoms with E-state index in [1.165, 1.54) is 6.20 Å². The van der Waals surface area contributed by atoms with Gasteiger partial charge in [-0.05, 0) is 49.2 Å². The molecule has 208 valence electrons. The number of carboxylic acid groups (broad SMARTS) is 1. The monoisotopic (exact) mass is 590 g/mol. The molecule has 0 aliphatic carbocycles. The van der Waals surface area contributed by atoms with Crippen molar-refractivity contribution < 1.29 is 14.7 Å². The number of piperidine rings is 1. The number of imidazole rings is 2. The van der Waals surface area contributed by atoms with Crippen LogP contribution in [0.5, 0.6) is 0 Å². The number of aromatic carboxylic acids is 1. The van der Waals surface area contributed by atoms with Gasteiger partial charge in [-0.15, -0.1) is 0 Å². The van der Waals surface area contributed by atoms with Crippen LogP contribution in [-0.2, 0) is 4.79 Å². The molecule has 1 amide bonds. The van der Waals surface area contributed by atoms with Gasteiger partial charge in [0.15, 0.2) is 34.3 Å². The first-order valence-corrected chi connectivity index (χ1v) is 13.6. The second-order valence-corrected chi connectivity index (χ2v) is 11.0. The number of anilines is 1. The molecule has 3 aromatic heterocycles. The fraction of sp³-hybridized carbons (Fsp3) is 0.214. The average molecular weight is 591 g/mol. The van der Waals surface area contributed by atoms with Gasteiger partial charge >= 0.3 is 5.97 Å². The van der Waals surface area contributed by atoms with Crippen molar-refractivity contribution in [1.29, 1.82) is 0 Å². The topological polar surface area (TPSA) is 156 Å². The summed E-state index contributed by atoms with van der Waals surface area (Å²) in [5.74, 6) is -0.0916. The van der Waals surface area contributed by atoms with Crippen molar-refractivity contribution in [3.63, 3.8) is 0 Å². The number of aromatic nitrogens is 6. The normalized spacial score (nSPS) is 14.9.